The summed E-state index contributed by atoms with van der Waals surface area (Å²) in [6.07, 6.45) is 3.95. The summed E-state index contributed by atoms with van der Waals surface area (Å²) in [6.45, 7) is 1.73. The van der Waals surface area contributed by atoms with Crippen molar-refractivity contribution < 1.29 is 23.9 Å². The van der Waals surface area contributed by atoms with Gasteiger partial charge in [-0.25, -0.2) is 19.6 Å². The van der Waals surface area contributed by atoms with Crippen molar-refractivity contribution in [2.75, 3.05) is 48.9 Å². The van der Waals surface area contributed by atoms with E-state index in [1.54, 1.807) is 4.90 Å². The van der Waals surface area contributed by atoms with Crippen LogP contribution in [0.2, 0.25) is 0 Å². The van der Waals surface area contributed by atoms with Crippen LogP contribution in [0.15, 0.2) is 18.3 Å². The van der Waals surface area contributed by atoms with Crippen molar-refractivity contribution in [2.24, 2.45) is 5.73 Å². The smallest absolute Gasteiger partial charge is 0.410 e. The number of carbonyl (C=O) groups excluding carboxylic acids is 3. The molecular formula is C25H30N8O5. The number of cyclic esters (lactones) is 1. The second-order valence-electron chi connectivity index (χ2n) is 8.99. The number of nitrogens with one attached hydrogen (secondary N) is 2. The van der Waals surface area contributed by atoms with E-state index in [4.69, 9.17) is 15.2 Å². The molecule has 0 spiro atoms. The van der Waals surface area contributed by atoms with Gasteiger partial charge in [-0.05, 0) is 37.3 Å². The number of amides is 3. The molecule has 13 nitrogen and oxygen atoms in total. The molecule has 4 N–H and O–H groups in total. The van der Waals surface area contributed by atoms with E-state index in [1.807, 2.05) is 12.1 Å². The number of nitriles is 1. The summed E-state index contributed by atoms with van der Waals surface area (Å²) in [6, 6.07) is 4.90. The van der Waals surface area contributed by atoms with Gasteiger partial charge in [-0.15, -0.1) is 0 Å². The van der Waals surface area contributed by atoms with Gasteiger partial charge < -0.3 is 25.4 Å². The summed E-state index contributed by atoms with van der Waals surface area (Å²) >= 11 is 0. The van der Waals surface area contributed by atoms with Crippen LogP contribution in [-0.4, -0.2) is 72.9 Å². The Kier molecular flexibility index (Phi) is 8.67. The Labute approximate surface area is 219 Å². The van der Waals surface area contributed by atoms with Gasteiger partial charge in [0.25, 0.3) is 0 Å². The standard InChI is InChI=1S/C25H30N8O5/c1-37-15-21(27)29-19-10-22(28-12-18(19)11-26)31-24(35)33-7-4-5-16-9-17(20(14-34)30-23(16)33)13-32-6-2-3-8-38-25(32)36/h9-10,12,14,21H,2-8,13,15,27H2,1H3,(H2,28,29,31,35)/t21-/m1/s1. The number of hydrogen-bond donors (Lipinski definition) is 3. The minimum Gasteiger partial charge on any atom is -0.449 e. The third-order valence-corrected chi connectivity index (χ3v) is 6.25. The lowest BCUT2D eigenvalue weighted by Gasteiger charge is -2.29. The van der Waals surface area contributed by atoms with Crippen molar-refractivity contribution in [2.45, 2.75) is 38.4 Å². The number of carbonyl (C=O) groups is 3. The number of rotatable bonds is 8. The Balaban J connectivity index is 1.55. The van der Waals surface area contributed by atoms with Crippen LogP contribution in [0.25, 0.3) is 0 Å². The molecular weight excluding hydrogens is 492 g/mol. The fourth-order valence-electron chi connectivity index (χ4n) is 4.41. The average Bonchev–Trinajstić information content (AvgIpc) is 3.11. The molecule has 3 amide bonds. The van der Waals surface area contributed by atoms with Crippen LogP contribution in [0.5, 0.6) is 0 Å². The number of aromatic nitrogens is 2. The largest absolute Gasteiger partial charge is 0.449 e. The van der Waals surface area contributed by atoms with E-state index >= 15 is 0 Å². The summed E-state index contributed by atoms with van der Waals surface area (Å²) in [5.41, 5.74) is 8.18. The monoisotopic (exact) mass is 522 g/mol. The highest BCUT2D eigenvalue weighted by atomic mass is 16.6. The number of nitrogens with two attached hydrogens (primary N) is 1. The summed E-state index contributed by atoms with van der Waals surface area (Å²) in [5, 5.41) is 15.1. The lowest BCUT2D eigenvalue weighted by atomic mass is 10.0. The molecule has 1 fully saturated rings. The first-order valence-electron chi connectivity index (χ1n) is 12.3. The third-order valence-electron chi connectivity index (χ3n) is 6.25. The lowest BCUT2D eigenvalue weighted by Crippen LogP contribution is -2.40. The van der Waals surface area contributed by atoms with Crippen LogP contribution in [0, 0.1) is 11.3 Å². The minimum atomic E-state index is -0.566. The Hall–Kier alpha value is -4.28. The topological polar surface area (TPSA) is 176 Å². The molecule has 2 aliphatic rings. The molecule has 200 valence electrons. The van der Waals surface area contributed by atoms with Crippen LogP contribution in [0.3, 0.4) is 0 Å². The number of urea groups is 1. The molecule has 0 saturated carbocycles. The van der Waals surface area contributed by atoms with Gasteiger partial charge >= 0.3 is 12.1 Å². The number of pyridine rings is 2. The molecule has 2 aromatic rings. The average molecular weight is 523 g/mol. The molecule has 0 radical (unpaired) electrons. The fraction of sp³-hybridized carbons (Fsp3) is 0.440. The highest BCUT2D eigenvalue weighted by molar-refractivity contribution is 6.01. The Bertz CT molecular complexity index is 1250. The zero-order chi connectivity index (χ0) is 27.1. The van der Waals surface area contributed by atoms with E-state index in [9.17, 15) is 19.6 Å². The van der Waals surface area contributed by atoms with Crippen molar-refractivity contribution in [3.63, 3.8) is 0 Å². The normalized spacial score (nSPS) is 16.0. The van der Waals surface area contributed by atoms with Crippen molar-refractivity contribution in [1.82, 2.24) is 14.9 Å². The number of hydrogen-bond acceptors (Lipinski definition) is 10. The zero-order valence-electron chi connectivity index (χ0n) is 21.1. The van der Waals surface area contributed by atoms with Crippen LogP contribution >= 0.6 is 0 Å². The third kappa shape index (κ3) is 6.16. The minimum absolute atomic E-state index is 0.163. The van der Waals surface area contributed by atoms with Gasteiger partial charge in [0, 0.05) is 38.0 Å². The zero-order valence-corrected chi connectivity index (χ0v) is 21.1. The Morgan fingerprint density at radius 2 is 2.18 bits per heavy atom. The molecule has 1 saturated heterocycles. The molecule has 0 aromatic carbocycles. The maximum atomic E-state index is 13.3. The molecule has 0 aliphatic carbocycles. The number of aryl methyl sites for hydroxylation is 1. The van der Waals surface area contributed by atoms with E-state index in [0.29, 0.717) is 55.9 Å². The Morgan fingerprint density at radius 1 is 1.34 bits per heavy atom. The molecule has 1 atom stereocenters. The first-order valence-corrected chi connectivity index (χ1v) is 12.3. The lowest BCUT2D eigenvalue weighted by molar-refractivity contribution is 0.109. The molecule has 13 heteroatoms. The first-order chi connectivity index (χ1) is 18.4. The molecule has 4 rings (SSSR count). The molecule has 38 heavy (non-hydrogen) atoms. The molecule has 2 aromatic heterocycles. The van der Waals surface area contributed by atoms with Gasteiger partial charge in [0.1, 0.15) is 23.4 Å². The van der Waals surface area contributed by atoms with E-state index in [-0.39, 0.29) is 30.2 Å². The number of anilines is 3. The quantitative estimate of drug-likeness (QED) is 0.344. The van der Waals surface area contributed by atoms with Crippen LogP contribution < -0.4 is 21.3 Å². The maximum Gasteiger partial charge on any atom is 0.410 e. The van der Waals surface area contributed by atoms with Crippen LogP contribution in [0.4, 0.5) is 26.9 Å². The van der Waals surface area contributed by atoms with Crippen molar-refractivity contribution in [3.8, 4) is 6.07 Å². The highest BCUT2D eigenvalue weighted by Gasteiger charge is 2.28. The summed E-state index contributed by atoms with van der Waals surface area (Å²) in [4.78, 5) is 49.1. The van der Waals surface area contributed by atoms with E-state index in [1.165, 1.54) is 24.3 Å². The van der Waals surface area contributed by atoms with Gasteiger partial charge in [-0.1, -0.05) is 0 Å². The van der Waals surface area contributed by atoms with Gasteiger partial charge in [0.05, 0.1) is 37.2 Å². The van der Waals surface area contributed by atoms with Crippen LogP contribution in [0.1, 0.15) is 46.4 Å². The summed E-state index contributed by atoms with van der Waals surface area (Å²) in [5.74, 6) is 0.590. The Morgan fingerprint density at radius 3 is 2.95 bits per heavy atom. The fourth-order valence-corrected chi connectivity index (χ4v) is 4.41. The second-order valence-corrected chi connectivity index (χ2v) is 8.99. The molecule has 0 bridgehead atoms. The van der Waals surface area contributed by atoms with E-state index < -0.39 is 18.3 Å². The summed E-state index contributed by atoms with van der Waals surface area (Å²) < 4.78 is 10.2. The summed E-state index contributed by atoms with van der Waals surface area (Å²) in [7, 11) is 1.51. The SMILES string of the molecule is COC[C@H](N)Nc1cc(NC(=O)N2CCCc3cc(CN4CCCCOC4=O)c(C=O)nc32)ncc1C#N. The van der Waals surface area contributed by atoms with Crippen LogP contribution in [-0.2, 0) is 22.4 Å². The second kappa shape index (κ2) is 12.3. The molecule has 4 heterocycles. The van der Waals surface area contributed by atoms with Crippen molar-refractivity contribution >= 4 is 35.7 Å². The number of fused-ring (bicyclic) bond motifs is 1. The van der Waals surface area contributed by atoms with Gasteiger partial charge in [0.2, 0.25) is 0 Å². The van der Waals surface area contributed by atoms with E-state index in [0.717, 1.165) is 18.4 Å². The maximum absolute atomic E-state index is 13.3. The predicted molar refractivity (Wildman–Crippen MR) is 138 cm³/mol. The van der Waals surface area contributed by atoms with Gasteiger partial charge in [-0.3, -0.25) is 15.0 Å². The predicted octanol–water partition coefficient (Wildman–Crippen LogP) is 2.22. The molecule has 0 unspecified atom stereocenters. The van der Waals surface area contributed by atoms with Gasteiger partial charge in [-0.2, -0.15) is 5.26 Å². The van der Waals surface area contributed by atoms with Gasteiger partial charge in [0.15, 0.2) is 6.29 Å². The van der Waals surface area contributed by atoms with E-state index in [2.05, 4.69) is 20.6 Å². The van der Waals surface area contributed by atoms with Crippen molar-refractivity contribution in [1.29, 1.82) is 5.26 Å². The molecule has 2 aliphatic heterocycles. The number of nitrogens with zero attached hydrogens (tertiary/aromatic N) is 5. The first kappa shape index (κ1) is 26.8. The number of aldehydes is 1. The van der Waals surface area contributed by atoms with Crippen molar-refractivity contribution in [3.05, 3.63) is 40.7 Å². The number of methoxy groups -OCH3 is 1. The number of ether oxygens (including phenoxy) is 2. The highest BCUT2D eigenvalue weighted by Crippen LogP contribution is 2.29.